The monoisotopic (exact) mass is 202 g/mol. The molecule has 0 aromatic carbocycles. The van der Waals surface area contributed by atoms with Crippen LogP contribution in [0, 0.1) is 0 Å². The SMILES string of the molecule is CI1CC1S. The van der Waals surface area contributed by atoms with E-state index in [0.717, 1.165) is 3.26 Å². The standard InChI is InChI=1S/C3H7IS/c1-4-2-3(4)5/h3,5H,2H2,1H3. The quantitative estimate of drug-likeness (QED) is 0.342. The fraction of sp³-hybridized carbons (Fsp3) is 1.00. The fourth-order valence-electron chi connectivity index (χ4n) is 0.167. The van der Waals surface area contributed by atoms with Crippen molar-refractivity contribution in [1.82, 2.24) is 0 Å². The molecule has 2 heteroatoms. The van der Waals surface area contributed by atoms with Crippen LogP contribution in [0.5, 0.6) is 0 Å². The maximum absolute atomic E-state index is 4.24. The van der Waals surface area contributed by atoms with Gasteiger partial charge in [-0.25, -0.2) is 0 Å². The molecular weight excluding hydrogens is 195 g/mol. The summed E-state index contributed by atoms with van der Waals surface area (Å²) in [5.41, 5.74) is 0. The molecule has 1 fully saturated rings. The summed E-state index contributed by atoms with van der Waals surface area (Å²) >= 11 is 3.99. The van der Waals surface area contributed by atoms with Crippen molar-refractivity contribution < 1.29 is 0 Å². The molecule has 0 saturated carbocycles. The second-order valence-corrected chi connectivity index (χ2v) is 8.87. The summed E-state index contributed by atoms with van der Waals surface area (Å²) in [6, 6.07) is 0. The summed E-state index contributed by atoms with van der Waals surface area (Å²) < 4.78 is 2.40. The molecule has 0 N–H and O–H groups in total. The van der Waals surface area contributed by atoms with Gasteiger partial charge in [-0.1, -0.05) is 0 Å². The Morgan fingerprint density at radius 2 is 2.20 bits per heavy atom. The van der Waals surface area contributed by atoms with Crippen LogP contribution in [0.2, 0.25) is 0 Å². The minimum atomic E-state index is -0.251. The molecule has 1 aliphatic heterocycles. The molecule has 1 saturated heterocycles. The Balaban J connectivity index is 2.20. The number of thiol groups is 1. The van der Waals surface area contributed by atoms with Crippen molar-refractivity contribution in [3.63, 3.8) is 0 Å². The Labute approximate surface area is 45.1 Å². The van der Waals surface area contributed by atoms with E-state index in [1.54, 1.807) is 0 Å². The Morgan fingerprint density at radius 3 is 2.20 bits per heavy atom. The first-order valence-electron chi connectivity index (χ1n) is 1.53. The van der Waals surface area contributed by atoms with Crippen LogP contribution in [0.1, 0.15) is 0 Å². The first-order valence-corrected chi connectivity index (χ1v) is 6.98. The van der Waals surface area contributed by atoms with Crippen LogP contribution in [0.4, 0.5) is 0 Å². The van der Waals surface area contributed by atoms with Crippen molar-refractivity contribution in [2.45, 2.75) is 3.26 Å². The Kier molecular flexibility index (Phi) is 1.10. The predicted octanol–water partition coefficient (Wildman–Crippen LogP) is 1.39. The second-order valence-electron chi connectivity index (χ2n) is 1.23. The Bertz CT molecular complexity index is 40.2. The van der Waals surface area contributed by atoms with E-state index in [9.17, 15) is 0 Å². The van der Waals surface area contributed by atoms with E-state index in [2.05, 4.69) is 17.6 Å². The van der Waals surface area contributed by atoms with E-state index in [4.69, 9.17) is 0 Å². The summed E-state index contributed by atoms with van der Waals surface area (Å²) in [5, 5.41) is 0. The molecular formula is C3H7IS. The normalized spacial score (nSPS) is 42.0. The van der Waals surface area contributed by atoms with E-state index in [1.165, 1.54) is 4.43 Å². The van der Waals surface area contributed by atoms with E-state index in [0.29, 0.717) is 0 Å². The van der Waals surface area contributed by atoms with Gasteiger partial charge in [0, 0.05) is 0 Å². The molecule has 0 nitrogen and oxygen atoms in total. The molecule has 1 atom stereocenters. The average molecular weight is 202 g/mol. The summed E-state index contributed by atoms with van der Waals surface area (Å²) in [5.74, 6) is 0. The zero-order chi connectivity index (χ0) is 3.86. The van der Waals surface area contributed by atoms with Gasteiger partial charge in [0.15, 0.2) is 0 Å². The number of hydrogen-bond acceptors (Lipinski definition) is 1. The molecule has 32 valence electrons. The van der Waals surface area contributed by atoms with E-state index >= 15 is 0 Å². The van der Waals surface area contributed by atoms with Crippen molar-refractivity contribution >= 4 is 32.4 Å². The van der Waals surface area contributed by atoms with Gasteiger partial charge in [0.05, 0.1) is 0 Å². The van der Waals surface area contributed by atoms with Crippen molar-refractivity contribution in [3.8, 4) is 0 Å². The van der Waals surface area contributed by atoms with Crippen LogP contribution in [-0.2, 0) is 0 Å². The molecule has 1 aliphatic rings. The summed E-state index contributed by atoms with van der Waals surface area (Å²) in [7, 11) is 0. The van der Waals surface area contributed by atoms with Gasteiger partial charge >= 0.3 is 45.1 Å². The first kappa shape index (κ1) is 4.24. The van der Waals surface area contributed by atoms with Gasteiger partial charge in [-0.2, -0.15) is 0 Å². The zero-order valence-electron chi connectivity index (χ0n) is 3.11. The summed E-state index contributed by atoms with van der Waals surface area (Å²) in [6.45, 7) is 0. The third-order valence-corrected chi connectivity index (χ3v) is 7.85. The van der Waals surface area contributed by atoms with Gasteiger partial charge in [0.25, 0.3) is 0 Å². The van der Waals surface area contributed by atoms with Gasteiger partial charge in [-0.05, 0) is 0 Å². The van der Waals surface area contributed by atoms with Crippen molar-refractivity contribution in [1.29, 1.82) is 0 Å². The molecule has 0 radical (unpaired) electrons. The Hall–Kier alpha value is 1.08. The fourth-order valence-corrected chi connectivity index (χ4v) is 4.81. The third-order valence-electron chi connectivity index (χ3n) is 0.699. The number of halogens is 1. The first-order chi connectivity index (χ1) is 2.30. The van der Waals surface area contributed by atoms with Gasteiger partial charge in [-0.15, -0.1) is 0 Å². The van der Waals surface area contributed by atoms with E-state index in [-0.39, 0.29) is 19.8 Å². The van der Waals surface area contributed by atoms with Crippen LogP contribution in [0.25, 0.3) is 0 Å². The molecule has 0 spiro atoms. The topological polar surface area (TPSA) is 0 Å². The van der Waals surface area contributed by atoms with Gasteiger partial charge in [-0.3, -0.25) is 0 Å². The molecule has 0 bridgehead atoms. The predicted molar refractivity (Wildman–Crippen MR) is 37.6 cm³/mol. The number of hydrogen-bond donors (Lipinski definition) is 1. The molecule has 5 heavy (non-hydrogen) atoms. The van der Waals surface area contributed by atoms with E-state index < -0.39 is 0 Å². The average Bonchev–Trinajstić information content (AvgIpc) is 1.79. The third kappa shape index (κ3) is 0.961. The Morgan fingerprint density at radius 1 is 2.00 bits per heavy atom. The van der Waals surface area contributed by atoms with Gasteiger partial charge in [0.1, 0.15) is 0 Å². The minimum absolute atomic E-state index is 0.251. The van der Waals surface area contributed by atoms with E-state index in [1.807, 2.05) is 0 Å². The van der Waals surface area contributed by atoms with Gasteiger partial charge < -0.3 is 0 Å². The molecule has 0 aromatic rings. The molecule has 0 aliphatic carbocycles. The molecule has 0 aromatic heterocycles. The summed E-state index contributed by atoms with van der Waals surface area (Å²) in [6.07, 6.45) is 0. The molecule has 0 amide bonds. The number of rotatable bonds is 0. The zero-order valence-corrected chi connectivity index (χ0v) is 6.16. The number of alkyl halides is 3. The second kappa shape index (κ2) is 1.30. The van der Waals surface area contributed by atoms with Gasteiger partial charge in [0.2, 0.25) is 0 Å². The summed E-state index contributed by atoms with van der Waals surface area (Å²) in [4.78, 5) is 2.38. The van der Waals surface area contributed by atoms with Crippen LogP contribution < -0.4 is 0 Å². The molecule has 1 heterocycles. The van der Waals surface area contributed by atoms with Crippen LogP contribution in [-0.4, -0.2) is 12.6 Å². The van der Waals surface area contributed by atoms with Crippen LogP contribution in [0.3, 0.4) is 0 Å². The van der Waals surface area contributed by atoms with Crippen molar-refractivity contribution in [2.75, 3.05) is 9.36 Å². The van der Waals surface area contributed by atoms with Crippen molar-refractivity contribution in [2.24, 2.45) is 0 Å². The molecule has 1 unspecified atom stereocenters. The maximum atomic E-state index is 4.24. The van der Waals surface area contributed by atoms with Crippen molar-refractivity contribution in [3.05, 3.63) is 0 Å². The van der Waals surface area contributed by atoms with Crippen LogP contribution in [0.15, 0.2) is 0 Å². The van der Waals surface area contributed by atoms with Crippen LogP contribution >= 0.6 is 32.4 Å². The molecule has 1 rings (SSSR count).